The topological polar surface area (TPSA) is 29.5 Å². The monoisotopic (exact) mass is 480 g/mol. The summed E-state index contributed by atoms with van der Waals surface area (Å²) in [7, 11) is 0. The number of allylic oxidation sites excluding steroid dienone is 1. The Morgan fingerprint density at radius 1 is 0.943 bits per heavy atom. The summed E-state index contributed by atoms with van der Waals surface area (Å²) in [5, 5.41) is 9.66. The summed E-state index contributed by atoms with van der Waals surface area (Å²) in [6, 6.07) is 15.0. The van der Waals surface area contributed by atoms with Crippen LogP contribution in [0.4, 0.5) is 13.2 Å². The maximum Gasteiger partial charge on any atom is 0.166 e. The summed E-state index contributed by atoms with van der Waals surface area (Å²) in [4.78, 5) is 0. The van der Waals surface area contributed by atoms with Gasteiger partial charge in [0.1, 0.15) is 11.6 Å². The standard InChI is InChI=1S/C30H31F3O2/c1-3-35-25-15-14-24(28(31)18-25)9-6-20-4-7-22(8-5-20)26-16-17-27(30(33)29(26)32)23-12-10-21(11-13-23)19(2)34/h6,9-20,22,34H,3-5,7-8H2,1-2H3/b9-6+. The van der Waals surface area contributed by atoms with Crippen LogP contribution in [0, 0.1) is 23.4 Å². The molecule has 0 radical (unpaired) electrons. The first kappa shape index (κ1) is 25.1. The van der Waals surface area contributed by atoms with E-state index >= 15 is 4.39 Å². The Kier molecular flexibility index (Phi) is 7.97. The van der Waals surface area contributed by atoms with Gasteiger partial charge in [0.15, 0.2) is 11.6 Å². The van der Waals surface area contributed by atoms with Crippen LogP contribution in [0.1, 0.15) is 68.2 Å². The molecule has 1 N–H and O–H groups in total. The third kappa shape index (κ3) is 5.79. The number of rotatable bonds is 7. The lowest BCUT2D eigenvalue weighted by atomic mass is 9.78. The summed E-state index contributed by atoms with van der Waals surface area (Å²) in [6.07, 6.45) is 6.38. The van der Waals surface area contributed by atoms with E-state index in [-0.39, 0.29) is 23.2 Å². The molecule has 1 aliphatic rings. The van der Waals surface area contributed by atoms with Crippen LogP contribution in [-0.2, 0) is 0 Å². The Bertz CT molecular complexity index is 1180. The second kappa shape index (κ2) is 11.1. The van der Waals surface area contributed by atoms with Crippen molar-refractivity contribution in [2.45, 2.75) is 51.6 Å². The zero-order valence-corrected chi connectivity index (χ0v) is 20.1. The lowest BCUT2D eigenvalue weighted by molar-refractivity contribution is 0.199. The molecule has 35 heavy (non-hydrogen) atoms. The molecule has 0 spiro atoms. The van der Waals surface area contributed by atoms with Gasteiger partial charge in [-0.15, -0.1) is 0 Å². The molecule has 0 bridgehead atoms. The van der Waals surface area contributed by atoms with Crippen molar-refractivity contribution in [3.63, 3.8) is 0 Å². The highest BCUT2D eigenvalue weighted by Crippen LogP contribution is 2.39. The maximum atomic E-state index is 15.1. The van der Waals surface area contributed by atoms with Gasteiger partial charge in [-0.2, -0.15) is 0 Å². The van der Waals surface area contributed by atoms with Gasteiger partial charge >= 0.3 is 0 Å². The number of benzene rings is 3. The van der Waals surface area contributed by atoms with Gasteiger partial charge in [0.25, 0.3) is 0 Å². The summed E-state index contributed by atoms with van der Waals surface area (Å²) in [5.41, 5.74) is 2.46. The van der Waals surface area contributed by atoms with Crippen molar-refractivity contribution in [2.75, 3.05) is 6.61 Å². The zero-order valence-electron chi connectivity index (χ0n) is 20.1. The fraction of sp³-hybridized carbons (Fsp3) is 0.333. The van der Waals surface area contributed by atoms with Crippen molar-refractivity contribution in [2.24, 2.45) is 5.92 Å². The number of ether oxygens (including phenoxy) is 1. The molecule has 0 amide bonds. The van der Waals surface area contributed by atoms with E-state index in [2.05, 4.69) is 0 Å². The fourth-order valence-corrected chi connectivity index (χ4v) is 4.81. The normalized spacial score (nSPS) is 19.1. The molecule has 1 aliphatic carbocycles. The average Bonchev–Trinajstić information content (AvgIpc) is 2.86. The van der Waals surface area contributed by atoms with Crippen LogP contribution < -0.4 is 4.74 Å². The lowest BCUT2D eigenvalue weighted by Crippen LogP contribution is -2.13. The first-order valence-corrected chi connectivity index (χ1v) is 12.2. The molecule has 3 aromatic carbocycles. The van der Waals surface area contributed by atoms with Crippen molar-refractivity contribution in [3.8, 4) is 16.9 Å². The van der Waals surface area contributed by atoms with Crippen LogP contribution in [0.15, 0.2) is 60.7 Å². The second-order valence-electron chi connectivity index (χ2n) is 9.22. The molecule has 184 valence electrons. The van der Waals surface area contributed by atoms with E-state index in [1.165, 1.54) is 6.07 Å². The van der Waals surface area contributed by atoms with Crippen LogP contribution in [0.2, 0.25) is 0 Å². The summed E-state index contributed by atoms with van der Waals surface area (Å²) >= 11 is 0. The predicted octanol–water partition coefficient (Wildman–Crippen LogP) is 8.21. The first-order chi connectivity index (χ1) is 16.9. The van der Waals surface area contributed by atoms with Crippen molar-refractivity contribution < 1.29 is 23.0 Å². The minimum absolute atomic E-state index is 0.0389. The third-order valence-electron chi connectivity index (χ3n) is 6.86. The molecule has 1 unspecified atom stereocenters. The largest absolute Gasteiger partial charge is 0.494 e. The number of aliphatic hydroxyl groups excluding tert-OH is 1. The van der Waals surface area contributed by atoms with Crippen LogP contribution in [0.3, 0.4) is 0 Å². The minimum Gasteiger partial charge on any atom is -0.494 e. The Morgan fingerprint density at radius 3 is 2.29 bits per heavy atom. The van der Waals surface area contributed by atoms with E-state index in [9.17, 15) is 13.9 Å². The molecular formula is C30H31F3O2. The first-order valence-electron chi connectivity index (χ1n) is 12.2. The van der Waals surface area contributed by atoms with Gasteiger partial charge in [0.2, 0.25) is 0 Å². The van der Waals surface area contributed by atoms with E-state index < -0.39 is 17.7 Å². The SMILES string of the molecule is CCOc1ccc(/C=C/C2CCC(c3ccc(-c4ccc(C(C)O)cc4)c(F)c3F)CC2)c(F)c1. The number of hydrogen-bond donors (Lipinski definition) is 1. The predicted molar refractivity (Wildman–Crippen MR) is 134 cm³/mol. The van der Waals surface area contributed by atoms with E-state index in [0.717, 1.165) is 31.2 Å². The molecule has 1 fully saturated rings. The van der Waals surface area contributed by atoms with E-state index in [0.29, 0.717) is 29.0 Å². The van der Waals surface area contributed by atoms with Gasteiger partial charge in [0.05, 0.1) is 12.7 Å². The summed E-state index contributed by atoms with van der Waals surface area (Å²) in [6.45, 7) is 4.00. The van der Waals surface area contributed by atoms with Gasteiger partial charge in [-0.25, -0.2) is 13.2 Å². The third-order valence-corrected chi connectivity index (χ3v) is 6.86. The van der Waals surface area contributed by atoms with Gasteiger partial charge in [-0.05, 0) is 80.2 Å². The van der Waals surface area contributed by atoms with Crippen molar-refractivity contribution in [1.29, 1.82) is 0 Å². The van der Waals surface area contributed by atoms with Gasteiger partial charge < -0.3 is 9.84 Å². The molecule has 1 atom stereocenters. The number of halogens is 3. The lowest BCUT2D eigenvalue weighted by Gasteiger charge is -2.27. The average molecular weight is 481 g/mol. The summed E-state index contributed by atoms with van der Waals surface area (Å²) in [5.74, 6) is -1.18. The number of hydrogen-bond acceptors (Lipinski definition) is 2. The molecule has 5 heteroatoms. The molecule has 0 saturated heterocycles. The van der Waals surface area contributed by atoms with Crippen LogP contribution in [0.5, 0.6) is 5.75 Å². The molecule has 0 aromatic heterocycles. The minimum atomic E-state index is -0.833. The molecular weight excluding hydrogens is 449 g/mol. The van der Waals surface area contributed by atoms with Crippen molar-refractivity contribution in [1.82, 2.24) is 0 Å². The highest BCUT2D eigenvalue weighted by atomic mass is 19.2. The molecule has 0 heterocycles. The van der Waals surface area contributed by atoms with Crippen LogP contribution >= 0.6 is 0 Å². The second-order valence-corrected chi connectivity index (χ2v) is 9.22. The molecule has 1 saturated carbocycles. The molecule has 3 aromatic rings. The van der Waals surface area contributed by atoms with E-state index in [4.69, 9.17) is 4.74 Å². The Labute approximate surface area is 205 Å². The summed E-state index contributed by atoms with van der Waals surface area (Å²) < 4.78 is 49.6. The smallest absolute Gasteiger partial charge is 0.166 e. The number of aliphatic hydroxyl groups is 1. The van der Waals surface area contributed by atoms with Gasteiger partial charge in [0, 0.05) is 17.2 Å². The Hall–Kier alpha value is -3.05. The quantitative estimate of drug-likeness (QED) is 0.369. The van der Waals surface area contributed by atoms with Gasteiger partial charge in [-0.1, -0.05) is 48.6 Å². The molecule has 2 nitrogen and oxygen atoms in total. The van der Waals surface area contributed by atoms with Gasteiger partial charge in [-0.3, -0.25) is 0 Å². The van der Waals surface area contributed by atoms with Crippen molar-refractivity contribution >= 4 is 6.08 Å². The molecule has 4 rings (SSSR count). The van der Waals surface area contributed by atoms with E-state index in [1.54, 1.807) is 61.5 Å². The van der Waals surface area contributed by atoms with Crippen molar-refractivity contribution in [3.05, 3.63) is 94.8 Å². The fourth-order valence-electron chi connectivity index (χ4n) is 4.81. The highest BCUT2D eigenvalue weighted by molar-refractivity contribution is 5.65. The van der Waals surface area contributed by atoms with E-state index in [1.807, 2.05) is 13.0 Å². The highest BCUT2D eigenvalue weighted by Gasteiger charge is 2.26. The maximum absolute atomic E-state index is 15.1. The van der Waals surface area contributed by atoms with Crippen LogP contribution in [-0.4, -0.2) is 11.7 Å². The molecule has 0 aliphatic heterocycles. The zero-order chi connectivity index (χ0) is 24.9. The Balaban J connectivity index is 1.41. The Morgan fingerprint density at radius 2 is 1.66 bits per heavy atom. The van der Waals surface area contributed by atoms with Crippen LogP contribution in [0.25, 0.3) is 17.2 Å².